The van der Waals surface area contributed by atoms with Crippen molar-refractivity contribution >= 4 is 29.0 Å². The predicted molar refractivity (Wildman–Crippen MR) is 136 cm³/mol. The number of rotatable bonds is 6. The number of nitriles is 1. The summed E-state index contributed by atoms with van der Waals surface area (Å²) in [6, 6.07) is 5.63. The molecule has 1 aliphatic heterocycles. The third-order valence-corrected chi connectivity index (χ3v) is 6.52. The molecule has 5 rings (SSSR count). The number of nitrogens with one attached hydrogen (secondary N) is 1. The monoisotopic (exact) mass is 570 g/mol. The molecule has 41 heavy (non-hydrogen) atoms. The zero-order chi connectivity index (χ0) is 29.3. The van der Waals surface area contributed by atoms with E-state index in [2.05, 4.69) is 20.4 Å². The van der Waals surface area contributed by atoms with Crippen molar-refractivity contribution in [3.8, 4) is 17.3 Å². The SMILES string of the molecule is N#CCn1cc(-c2cnc3c(Nc4ccc(C(=O)N5CCN(C(=O)CN)CC5)c(F)c4)nccn23)c(C(F)(F)F)n1. The van der Waals surface area contributed by atoms with Crippen LogP contribution < -0.4 is 11.1 Å². The highest BCUT2D eigenvalue weighted by Crippen LogP contribution is 2.37. The quantitative estimate of drug-likeness (QED) is 0.335. The number of amides is 2. The van der Waals surface area contributed by atoms with Crippen molar-refractivity contribution in [1.82, 2.24) is 33.9 Å². The lowest BCUT2D eigenvalue weighted by molar-refractivity contribution is -0.141. The van der Waals surface area contributed by atoms with E-state index in [1.54, 1.807) is 11.0 Å². The van der Waals surface area contributed by atoms with E-state index in [0.717, 1.165) is 16.9 Å². The normalized spacial score (nSPS) is 13.9. The first-order chi connectivity index (χ1) is 19.6. The molecule has 212 valence electrons. The number of benzene rings is 1. The number of aromatic nitrogens is 5. The van der Waals surface area contributed by atoms with Crippen LogP contribution in [-0.4, -0.2) is 78.5 Å². The minimum absolute atomic E-state index is 0.0577. The average Bonchev–Trinajstić information content (AvgIpc) is 3.58. The minimum Gasteiger partial charge on any atom is -0.338 e. The van der Waals surface area contributed by atoms with Crippen LogP contribution in [0, 0.1) is 17.1 Å². The lowest BCUT2D eigenvalue weighted by Crippen LogP contribution is -2.52. The van der Waals surface area contributed by atoms with Gasteiger partial charge in [-0.15, -0.1) is 0 Å². The Morgan fingerprint density at radius 2 is 1.85 bits per heavy atom. The molecule has 1 saturated heterocycles. The van der Waals surface area contributed by atoms with Gasteiger partial charge in [0.25, 0.3) is 5.91 Å². The van der Waals surface area contributed by atoms with Gasteiger partial charge in [0.05, 0.1) is 35.6 Å². The maximum Gasteiger partial charge on any atom is 0.435 e. The van der Waals surface area contributed by atoms with Crippen LogP contribution in [0.25, 0.3) is 16.9 Å². The molecule has 4 aromatic rings. The molecule has 0 spiro atoms. The van der Waals surface area contributed by atoms with Gasteiger partial charge in [0.1, 0.15) is 12.4 Å². The Labute approximate surface area is 229 Å². The van der Waals surface area contributed by atoms with Gasteiger partial charge in [-0.2, -0.15) is 23.5 Å². The summed E-state index contributed by atoms with van der Waals surface area (Å²) in [5, 5.41) is 15.3. The fraction of sp³-hybridized carbons (Fsp3) is 0.280. The zero-order valence-electron chi connectivity index (χ0n) is 21.3. The first-order valence-electron chi connectivity index (χ1n) is 12.3. The van der Waals surface area contributed by atoms with Crippen molar-refractivity contribution in [1.29, 1.82) is 5.26 Å². The number of carbonyl (C=O) groups is 2. The second-order valence-electron chi connectivity index (χ2n) is 9.05. The van der Waals surface area contributed by atoms with Gasteiger partial charge in [0.2, 0.25) is 5.91 Å². The molecule has 1 fully saturated rings. The number of hydrogen-bond acceptors (Lipinski definition) is 8. The van der Waals surface area contributed by atoms with Gasteiger partial charge in [-0.25, -0.2) is 14.4 Å². The van der Waals surface area contributed by atoms with E-state index in [0.29, 0.717) is 13.1 Å². The lowest BCUT2D eigenvalue weighted by atomic mass is 10.1. The lowest BCUT2D eigenvalue weighted by Gasteiger charge is -2.34. The van der Waals surface area contributed by atoms with E-state index < -0.39 is 23.6 Å². The van der Waals surface area contributed by atoms with Crippen LogP contribution in [0.4, 0.5) is 29.1 Å². The van der Waals surface area contributed by atoms with Crippen molar-refractivity contribution in [3.05, 3.63) is 60.1 Å². The summed E-state index contributed by atoms with van der Waals surface area (Å²) in [6.07, 6.45) is 0.295. The molecule has 0 unspecified atom stereocenters. The van der Waals surface area contributed by atoms with Gasteiger partial charge in [0, 0.05) is 50.5 Å². The first kappa shape index (κ1) is 27.5. The Hall–Kier alpha value is -5.04. The third kappa shape index (κ3) is 5.39. The summed E-state index contributed by atoms with van der Waals surface area (Å²) in [7, 11) is 0. The third-order valence-electron chi connectivity index (χ3n) is 6.52. The number of halogens is 4. The van der Waals surface area contributed by atoms with Crippen LogP contribution in [0.5, 0.6) is 0 Å². The highest BCUT2D eigenvalue weighted by molar-refractivity contribution is 5.95. The molecule has 0 saturated carbocycles. The van der Waals surface area contributed by atoms with E-state index in [9.17, 15) is 22.8 Å². The van der Waals surface area contributed by atoms with E-state index in [-0.39, 0.29) is 66.1 Å². The average molecular weight is 571 g/mol. The molecule has 3 N–H and O–H groups in total. The number of nitrogens with two attached hydrogens (primary N) is 1. The standard InChI is InChI=1S/C25H22F4N10O2/c26-18-11-15(1-2-16(18)24(41)37-9-7-36(8-10-37)20(40)12-31)34-22-23-33-13-19(39(23)6-4-32-22)17-14-38(5-3-30)35-21(17)25(27,28)29/h1-2,4,6,11,13-14H,5,7-10,12,31H2,(H,32,34). The second kappa shape index (κ2) is 10.8. The Morgan fingerprint density at radius 1 is 1.12 bits per heavy atom. The van der Waals surface area contributed by atoms with Crippen molar-refractivity contribution in [2.24, 2.45) is 5.73 Å². The van der Waals surface area contributed by atoms with Gasteiger partial charge in [-0.05, 0) is 18.2 Å². The zero-order valence-corrected chi connectivity index (χ0v) is 21.3. The smallest absolute Gasteiger partial charge is 0.338 e. The molecular formula is C25H22F4N10O2. The maximum absolute atomic E-state index is 15.0. The molecule has 1 aliphatic rings. The summed E-state index contributed by atoms with van der Waals surface area (Å²) >= 11 is 0. The topological polar surface area (TPSA) is 150 Å². The van der Waals surface area contributed by atoms with Crippen molar-refractivity contribution in [2.75, 3.05) is 38.0 Å². The van der Waals surface area contributed by atoms with Crippen LogP contribution in [0.15, 0.2) is 43.0 Å². The molecule has 4 heterocycles. The minimum atomic E-state index is -4.78. The molecule has 12 nitrogen and oxygen atoms in total. The molecule has 0 aliphatic carbocycles. The summed E-state index contributed by atoms with van der Waals surface area (Å²) in [5.41, 5.74) is 4.20. The van der Waals surface area contributed by atoms with Gasteiger partial charge >= 0.3 is 6.18 Å². The summed E-state index contributed by atoms with van der Waals surface area (Å²) in [6.45, 7) is 0.583. The number of nitrogens with zero attached hydrogens (tertiary/aromatic N) is 8. The van der Waals surface area contributed by atoms with E-state index in [1.165, 1.54) is 40.0 Å². The summed E-state index contributed by atoms with van der Waals surface area (Å²) in [4.78, 5) is 36.0. The molecule has 0 radical (unpaired) electrons. The van der Waals surface area contributed by atoms with Gasteiger partial charge in [0.15, 0.2) is 17.2 Å². The van der Waals surface area contributed by atoms with Crippen LogP contribution >= 0.6 is 0 Å². The van der Waals surface area contributed by atoms with Crippen molar-refractivity contribution in [2.45, 2.75) is 12.7 Å². The highest BCUT2D eigenvalue weighted by Gasteiger charge is 2.38. The fourth-order valence-electron chi connectivity index (χ4n) is 4.54. The molecule has 16 heteroatoms. The van der Waals surface area contributed by atoms with Crippen LogP contribution in [0.2, 0.25) is 0 Å². The van der Waals surface area contributed by atoms with Crippen LogP contribution in [-0.2, 0) is 17.5 Å². The molecule has 2 amide bonds. The number of piperazine rings is 1. The van der Waals surface area contributed by atoms with E-state index in [1.807, 2.05) is 0 Å². The van der Waals surface area contributed by atoms with Crippen molar-refractivity contribution < 1.29 is 27.2 Å². The van der Waals surface area contributed by atoms with Crippen LogP contribution in [0.3, 0.4) is 0 Å². The first-order valence-corrected chi connectivity index (χ1v) is 12.3. The number of fused-ring (bicyclic) bond motifs is 1. The molecule has 0 bridgehead atoms. The highest BCUT2D eigenvalue weighted by atomic mass is 19.4. The number of imidazole rings is 1. The summed E-state index contributed by atoms with van der Waals surface area (Å²) in [5.74, 6) is -1.42. The Kier molecular flexibility index (Phi) is 7.28. The largest absolute Gasteiger partial charge is 0.435 e. The van der Waals surface area contributed by atoms with Gasteiger partial charge < -0.3 is 20.9 Å². The second-order valence-corrected chi connectivity index (χ2v) is 9.05. The Bertz CT molecular complexity index is 1670. The van der Waals surface area contributed by atoms with Crippen molar-refractivity contribution in [3.63, 3.8) is 0 Å². The Balaban J connectivity index is 1.38. The maximum atomic E-state index is 15.0. The molecule has 1 aromatic carbocycles. The molecular weight excluding hydrogens is 548 g/mol. The van der Waals surface area contributed by atoms with Gasteiger partial charge in [-0.3, -0.25) is 18.7 Å². The Morgan fingerprint density at radius 3 is 2.51 bits per heavy atom. The van der Waals surface area contributed by atoms with E-state index in [4.69, 9.17) is 11.0 Å². The molecule has 3 aromatic heterocycles. The summed E-state index contributed by atoms with van der Waals surface area (Å²) < 4.78 is 58.3. The van der Waals surface area contributed by atoms with Gasteiger partial charge in [-0.1, -0.05) is 0 Å². The fourth-order valence-corrected chi connectivity index (χ4v) is 4.54. The number of anilines is 2. The molecule has 0 atom stereocenters. The number of alkyl halides is 3. The number of hydrogen-bond donors (Lipinski definition) is 2. The number of carbonyl (C=O) groups excluding carboxylic acids is 2. The van der Waals surface area contributed by atoms with Crippen LogP contribution in [0.1, 0.15) is 16.1 Å². The predicted octanol–water partition coefficient (Wildman–Crippen LogP) is 2.26. The van der Waals surface area contributed by atoms with E-state index >= 15 is 4.39 Å².